The lowest BCUT2D eigenvalue weighted by atomic mass is 9.78. The first-order chi connectivity index (χ1) is 13.4. The summed E-state index contributed by atoms with van der Waals surface area (Å²) in [6, 6.07) is 0.292. The molecular formula is C21H30N2O5. The second-order valence-electron chi connectivity index (χ2n) is 7.76. The second kappa shape index (κ2) is 8.80. The summed E-state index contributed by atoms with van der Waals surface area (Å²) in [5.41, 5.74) is 1.56. The molecule has 2 aliphatic rings. The van der Waals surface area contributed by atoms with E-state index in [0.717, 1.165) is 25.8 Å². The van der Waals surface area contributed by atoms with Crippen LogP contribution in [0.4, 0.5) is 0 Å². The summed E-state index contributed by atoms with van der Waals surface area (Å²) in [4.78, 5) is 42.1. The number of aryl methyl sites for hydroxylation is 1. The van der Waals surface area contributed by atoms with E-state index in [1.807, 2.05) is 4.90 Å². The second-order valence-corrected chi connectivity index (χ2v) is 7.76. The number of ether oxygens (including phenoxy) is 2. The van der Waals surface area contributed by atoms with Crippen LogP contribution in [0.2, 0.25) is 0 Å². The van der Waals surface area contributed by atoms with Gasteiger partial charge in [0.1, 0.15) is 5.69 Å². The van der Waals surface area contributed by atoms with E-state index in [9.17, 15) is 14.4 Å². The van der Waals surface area contributed by atoms with E-state index >= 15 is 0 Å². The summed E-state index contributed by atoms with van der Waals surface area (Å²) in [7, 11) is 0. The number of esters is 2. The highest BCUT2D eigenvalue weighted by atomic mass is 16.5. The summed E-state index contributed by atoms with van der Waals surface area (Å²) in [5.74, 6) is -0.632. The Morgan fingerprint density at radius 3 is 2.50 bits per heavy atom. The standard InChI is InChI=1S/C21H30N2O5/c1-4-27-21(26)19-13(2)18(14(3)22-19)20(25)28-12-17(24)23-11-7-9-15-8-5-6-10-16(15)23/h15-16,22H,4-12H2,1-3H3/t15-,16-/m1/s1. The monoisotopic (exact) mass is 390 g/mol. The summed E-state index contributed by atoms with van der Waals surface area (Å²) < 4.78 is 10.3. The first kappa shape index (κ1) is 20.4. The third-order valence-corrected chi connectivity index (χ3v) is 6.01. The van der Waals surface area contributed by atoms with Gasteiger partial charge in [-0.3, -0.25) is 4.79 Å². The molecule has 0 bridgehead atoms. The van der Waals surface area contributed by atoms with Gasteiger partial charge in [0.15, 0.2) is 6.61 Å². The molecule has 1 aromatic heterocycles. The van der Waals surface area contributed by atoms with Gasteiger partial charge in [0.05, 0.1) is 12.2 Å². The third kappa shape index (κ3) is 4.08. The van der Waals surface area contributed by atoms with Gasteiger partial charge in [0.25, 0.3) is 5.91 Å². The van der Waals surface area contributed by atoms with Crippen molar-refractivity contribution in [2.24, 2.45) is 5.92 Å². The molecule has 1 saturated heterocycles. The van der Waals surface area contributed by atoms with Crippen molar-refractivity contribution < 1.29 is 23.9 Å². The number of carbonyl (C=O) groups excluding carboxylic acids is 3. The van der Waals surface area contributed by atoms with Crippen LogP contribution in [-0.2, 0) is 14.3 Å². The Morgan fingerprint density at radius 1 is 1.04 bits per heavy atom. The average Bonchev–Trinajstić information content (AvgIpc) is 3.00. The lowest BCUT2D eigenvalue weighted by Gasteiger charge is -2.44. The predicted octanol–water partition coefficient (Wildman–Crippen LogP) is 3.15. The Hall–Kier alpha value is -2.31. The zero-order valence-corrected chi connectivity index (χ0v) is 17.0. The zero-order valence-electron chi connectivity index (χ0n) is 17.0. The summed E-state index contributed by atoms with van der Waals surface area (Å²) in [6.45, 7) is 5.83. The van der Waals surface area contributed by atoms with Gasteiger partial charge in [-0.2, -0.15) is 0 Å². The summed E-state index contributed by atoms with van der Waals surface area (Å²) >= 11 is 0. The lowest BCUT2D eigenvalue weighted by molar-refractivity contribution is -0.140. The van der Waals surface area contributed by atoms with Crippen molar-refractivity contribution in [1.82, 2.24) is 9.88 Å². The molecule has 0 radical (unpaired) electrons. The molecule has 0 unspecified atom stereocenters. The van der Waals surface area contributed by atoms with Gasteiger partial charge in [-0.15, -0.1) is 0 Å². The molecule has 2 atom stereocenters. The number of piperidine rings is 1. The SMILES string of the molecule is CCOC(=O)c1[nH]c(C)c(C(=O)OCC(=O)N2CCC[C@H]3CCCC[C@H]32)c1C. The van der Waals surface area contributed by atoms with Gasteiger partial charge in [-0.05, 0) is 57.9 Å². The van der Waals surface area contributed by atoms with Crippen molar-refractivity contribution in [2.45, 2.75) is 65.3 Å². The van der Waals surface area contributed by atoms with Crippen LogP contribution in [0, 0.1) is 19.8 Å². The molecule has 1 aromatic rings. The van der Waals surface area contributed by atoms with Crippen LogP contribution in [0.25, 0.3) is 0 Å². The van der Waals surface area contributed by atoms with Crippen molar-refractivity contribution in [3.63, 3.8) is 0 Å². The topological polar surface area (TPSA) is 88.7 Å². The smallest absolute Gasteiger partial charge is 0.355 e. The number of aromatic nitrogens is 1. The number of fused-ring (bicyclic) bond motifs is 1. The highest BCUT2D eigenvalue weighted by Crippen LogP contribution is 2.35. The van der Waals surface area contributed by atoms with E-state index in [1.165, 1.54) is 19.3 Å². The van der Waals surface area contributed by atoms with E-state index in [2.05, 4.69) is 4.98 Å². The van der Waals surface area contributed by atoms with E-state index < -0.39 is 11.9 Å². The lowest BCUT2D eigenvalue weighted by Crippen LogP contribution is -2.50. The number of hydrogen-bond acceptors (Lipinski definition) is 5. The van der Waals surface area contributed by atoms with Crippen LogP contribution in [0.5, 0.6) is 0 Å². The number of nitrogens with one attached hydrogen (secondary N) is 1. The number of likely N-dealkylation sites (tertiary alicyclic amines) is 1. The molecule has 7 heteroatoms. The summed E-state index contributed by atoms with van der Waals surface area (Å²) in [6.07, 6.45) is 6.83. The predicted molar refractivity (Wildman–Crippen MR) is 103 cm³/mol. The number of rotatable bonds is 5. The molecule has 1 amide bonds. The fourth-order valence-electron chi connectivity index (χ4n) is 4.68. The number of H-pyrrole nitrogens is 1. The molecular weight excluding hydrogens is 360 g/mol. The molecule has 1 N–H and O–H groups in total. The van der Waals surface area contributed by atoms with Gasteiger partial charge in [-0.25, -0.2) is 9.59 Å². The third-order valence-electron chi connectivity index (χ3n) is 6.01. The van der Waals surface area contributed by atoms with Crippen molar-refractivity contribution >= 4 is 17.8 Å². The first-order valence-electron chi connectivity index (χ1n) is 10.3. The average molecular weight is 390 g/mol. The van der Waals surface area contributed by atoms with Crippen LogP contribution >= 0.6 is 0 Å². The van der Waals surface area contributed by atoms with Gasteiger partial charge in [0, 0.05) is 18.3 Å². The van der Waals surface area contributed by atoms with Gasteiger partial charge in [0.2, 0.25) is 0 Å². The van der Waals surface area contributed by atoms with E-state index in [1.54, 1.807) is 20.8 Å². The van der Waals surface area contributed by atoms with Crippen LogP contribution in [0.15, 0.2) is 0 Å². The van der Waals surface area contributed by atoms with Gasteiger partial charge in [-0.1, -0.05) is 12.8 Å². The van der Waals surface area contributed by atoms with E-state index in [4.69, 9.17) is 9.47 Å². The van der Waals surface area contributed by atoms with Crippen molar-refractivity contribution in [3.05, 3.63) is 22.5 Å². The maximum absolute atomic E-state index is 12.7. The largest absolute Gasteiger partial charge is 0.461 e. The molecule has 0 spiro atoms. The Morgan fingerprint density at radius 2 is 1.75 bits per heavy atom. The van der Waals surface area contributed by atoms with Crippen molar-refractivity contribution in [1.29, 1.82) is 0 Å². The van der Waals surface area contributed by atoms with Crippen LogP contribution in [0.1, 0.15) is 77.6 Å². The number of aromatic amines is 1. The highest BCUT2D eigenvalue weighted by Gasteiger charge is 2.36. The number of nitrogens with zero attached hydrogens (tertiary/aromatic N) is 1. The van der Waals surface area contributed by atoms with Crippen molar-refractivity contribution in [3.8, 4) is 0 Å². The normalized spacial score (nSPS) is 21.8. The van der Waals surface area contributed by atoms with Gasteiger partial charge >= 0.3 is 11.9 Å². The number of hydrogen-bond donors (Lipinski definition) is 1. The van der Waals surface area contributed by atoms with E-state index in [-0.39, 0.29) is 24.8 Å². The zero-order chi connectivity index (χ0) is 20.3. The minimum atomic E-state index is -0.590. The van der Waals surface area contributed by atoms with Crippen LogP contribution in [0.3, 0.4) is 0 Å². The minimum absolute atomic E-state index is 0.124. The Balaban J connectivity index is 1.64. The molecule has 3 rings (SSSR count). The first-order valence-corrected chi connectivity index (χ1v) is 10.3. The fraction of sp³-hybridized carbons (Fsp3) is 0.667. The number of carbonyl (C=O) groups is 3. The Labute approximate surface area is 165 Å². The van der Waals surface area contributed by atoms with Crippen molar-refractivity contribution in [2.75, 3.05) is 19.8 Å². The molecule has 154 valence electrons. The number of amides is 1. The molecule has 0 aromatic carbocycles. The summed E-state index contributed by atoms with van der Waals surface area (Å²) in [5, 5.41) is 0. The molecule has 2 heterocycles. The molecule has 28 heavy (non-hydrogen) atoms. The quantitative estimate of drug-likeness (QED) is 0.780. The fourth-order valence-corrected chi connectivity index (χ4v) is 4.68. The molecule has 1 aliphatic heterocycles. The Kier molecular flexibility index (Phi) is 6.42. The molecule has 2 fully saturated rings. The molecule has 1 saturated carbocycles. The van der Waals surface area contributed by atoms with Crippen LogP contribution in [-0.4, -0.2) is 53.5 Å². The molecule has 1 aliphatic carbocycles. The maximum Gasteiger partial charge on any atom is 0.355 e. The Bertz CT molecular complexity index is 752. The maximum atomic E-state index is 12.7. The van der Waals surface area contributed by atoms with Gasteiger partial charge < -0.3 is 19.4 Å². The van der Waals surface area contributed by atoms with Crippen LogP contribution < -0.4 is 0 Å². The molecule has 7 nitrogen and oxygen atoms in total. The van der Waals surface area contributed by atoms with E-state index in [0.29, 0.717) is 28.8 Å². The minimum Gasteiger partial charge on any atom is -0.461 e. The highest BCUT2D eigenvalue weighted by molar-refractivity contribution is 5.99.